The molecule has 0 N–H and O–H groups in total. The van der Waals surface area contributed by atoms with Crippen LogP contribution in [-0.2, 0) is 9.53 Å². The van der Waals surface area contributed by atoms with Crippen molar-refractivity contribution < 1.29 is 9.53 Å². The number of aryl methyl sites for hydroxylation is 1. The molecule has 0 fully saturated rings. The second kappa shape index (κ2) is 4.07. The molecule has 1 aromatic rings. The SMILES string of the molecule is Cc1ccc(C(Cl)OC=O)cn1. The molecule has 0 spiro atoms. The molecular weight excluding hydrogens is 178 g/mol. The first kappa shape index (κ1) is 9.00. The molecule has 1 aromatic heterocycles. The molecule has 0 aliphatic rings. The number of carbonyl (C=O) groups is 1. The standard InChI is InChI=1S/C8H8ClNO2/c1-6-2-3-7(4-10-6)8(9)12-5-11/h2-5,8H,1H3. The minimum atomic E-state index is -0.740. The summed E-state index contributed by atoms with van der Waals surface area (Å²) in [6.07, 6.45) is 1.58. The van der Waals surface area contributed by atoms with Crippen LogP contribution in [-0.4, -0.2) is 11.5 Å². The minimum absolute atomic E-state index is 0.317. The van der Waals surface area contributed by atoms with E-state index in [1.165, 1.54) is 0 Å². The third-order valence-electron chi connectivity index (χ3n) is 1.37. The van der Waals surface area contributed by atoms with Crippen LogP contribution in [0.2, 0.25) is 0 Å². The van der Waals surface area contributed by atoms with Crippen molar-refractivity contribution in [2.24, 2.45) is 0 Å². The highest BCUT2D eigenvalue weighted by atomic mass is 35.5. The van der Waals surface area contributed by atoms with E-state index in [4.69, 9.17) is 11.6 Å². The Morgan fingerprint density at radius 2 is 2.42 bits per heavy atom. The number of nitrogens with zero attached hydrogens (tertiary/aromatic N) is 1. The lowest BCUT2D eigenvalue weighted by Crippen LogP contribution is -1.96. The molecule has 1 heterocycles. The van der Waals surface area contributed by atoms with Crippen molar-refractivity contribution in [3.63, 3.8) is 0 Å². The first-order chi connectivity index (χ1) is 5.74. The summed E-state index contributed by atoms with van der Waals surface area (Å²) in [5, 5.41) is 0. The summed E-state index contributed by atoms with van der Waals surface area (Å²) in [5.41, 5.74) is 0.832. The van der Waals surface area contributed by atoms with E-state index in [9.17, 15) is 4.79 Å². The Labute approximate surface area is 75.3 Å². The van der Waals surface area contributed by atoms with E-state index < -0.39 is 5.56 Å². The molecule has 64 valence electrons. The number of hydrogen-bond donors (Lipinski definition) is 0. The topological polar surface area (TPSA) is 39.2 Å². The number of halogens is 1. The minimum Gasteiger partial charge on any atom is -0.444 e. The highest BCUT2D eigenvalue weighted by molar-refractivity contribution is 6.20. The number of ether oxygens (including phenoxy) is 1. The van der Waals surface area contributed by atoms with Gasteiger partial charge in [0, 0.05) is 17.5 Å². The second-order valence-corrected chi connectivity index (χ2v) is 2.68. The molecule has 0 saturated carbocycles. The van der Waals surface area contributed by atoms with Crippen LogP contribution in [0.5, 0.6) is 0 Å². The van der Waals surface area contributed by atoms with Gasteiger partial charge in [0.1, 0.15) is 0 Å². The number of alkyl halides is 1. The Kier molecular flexibility index (Phi) is 3.05. The Hall–Kier alpha value is -1.09. The van der Waals surface area contributed by atoms with Gasteiger partial charge in [-0.15, -0.1) is 0 Å². The van der Waals surface area contributed by atoms with Gasteiger partial charge in [0.2, 0.25) is 5.56 Å². The van der Waals surface area contributed by atoms with Crippen LogP contribution in [0, 0.1) is 6.92 Å². The van der Waals surface area contributed by atoms with E-state index in [1.54, 1.807) is 18.3 Å². The van der Waals surface area contributed by atoms with Gasteiger partial charge in [-0.1, -0.05) is 17.7 Å². The zero-order chi connectivity index (χ0) is 8.97. The third-order valence-corrected chi connectivity index (χ3v) is 1.73. The maximum absolute atomic E-state index is 9.93. The average Bonchev–Trinajstić information content (AvgIpc) is 2.06. The molecule has 0 saturated heterocycles. The van der Waals surface area contributed by atoms with Gasteiger partial charge < -0.3 is 4.74 Å². The van der Waals surface area contributed by atoms with E-state index >= 15 is 0 Å². The molecule has 0 amide bonds. The lowest BCUT2D eigenvalue weighted by Gasteiger charge is -2.06. The zero-order valence-electron chi connectivity index (χ0n) is 6.53. The molecular formula is C8H8ClNO2. The van der Waals surface area contributed by atoms with Gasteiger partial charge in [-0.25, -0.2) is 0 Å². The van der Waals surface area contributed by atoms with Crippen molar-refractivity contribution in [3.8, 4) is 0 Å². The Morgan fingerprint density at radius 1 is 1.67 bits per heavy atom. The van der Waals surface area contributed by atoms with Gasteiger partial charge in [0.15, 0.2) is 0 Å². The number of hydrogen-bond acceptors (Lipinski definition) is 3. The van der Waals surface area contributed by atoms with Crippen molar-refractivity contribution in [2.45, 2.75) is 12.5 Å². The van der Waals surface area contributed by atoms with E-state index in [1.807, 2.05) is 6.92 Å². The second-order valence-electron chi connectivity index (χ2n) is 2.28. The number of pyridine rings is 1. The van der Waals surface area contributed by atoms with Crippen molar-refractivity contribution in [3.05, 3.63) is 29.6 Å². The van der Waals surface area contributed by atoms with Crippen LogP contribution in [0.1, 0.15) is 16.8 Å². The van der Waals surface area contributed by atoms with Gasteiger partial charge >= 0.3 is 0 Å². The lowest BCUT2D eigenvalue weighted by atomic mass is 10.3. The molecule has 0 bridgehead atoms. The molecule has 0 aliphatic heterocycles. The summed E-state index contributed by atoms with van der Waals surface area (Å²) in [7, 11) is 0. The summed E-state index contributed by atoms with van der Waals surface area (Å²) in [4.78, 5) is 13.9. The van der Waals surface area contributed by atoms with Crippen LogP contribution in [0.4, 0.5) is 0 Å². The summed E-state index contributed by atoms with van der Waals surface area (Å²) in [5.74, 6) is 0. The number of carbonyl (C=O) groups excluding carboxylic acids is 1. The van der Waals surface area contributed by atoms with E-state index in [0.717, 1.165) is 5.69 Å². The van der Waals surface area contributed by atoms with Crippen molar-refractivity contribution in [1.29, 1.82) is 0 Å². The molecule has 4 heteroatoms. The van der Waals surface area contributed by atoms with Crippen LogP contribution in [0.3, 0.4) is 0 Å². The normalized spacial score (nSPS) is 12.2. The van der Waals surface area contributed by atoms with Gasteiger partial charge in [0.05, 0.1) is 0 Å². The Bertz CT molecular complexity index is 260. The fourth-order valence-corrected chi connectivity index (χ4v) is 0.912. The molecule has 1 unspecified atom stereocenters. The molecule has 0 aromatic carbocycles. The molecule has 0 radical (unpaired) electrons. The van der Waals surface area contributed by atoms with Crippen LogP contribution >= 0.6 is 11.6 Å². The third kappa shape index (κ3) is 2.20. The van der Waals surface area contributed by atoms with Crippen LogP contribution < -0.4 is 0 Å². The average molecular weight is 186 g/mol. The lowest BCUT2D eigenvalue weighted by molar-refractivity contribution is -0.130. The van der Waals surface area contributed by atoms with Gasteiger partial charge in [0.25, 0.3) is 6.47 Å². The molecule has 1 rings (SSSR count). The Balaban J connectivity index is 2.74. The van der Waals surface area contributed by atoms with Crippen LogP contribution in [0.25, 0.3) is 0 Å². The van der Waals surface area contributed by atoms with E-state index in [-0.39, 0.29) is 0 Å². The quantitative estimate of drug-likeness (QED) is 0.533. The summed E-state index contributed by atoms with van der Waals surface area (Å²) < 4.78 is 4.51. The van der Waals surface area contributed by atoms with Gasteiger partial charge in [-0.05, 0) is 13.0 Å². The van der Waals surface area contributed by atoms with Crippen molar-refractivity contribution in [2.75, 3.05) is 0 Å². The van der Waals surface area contributed by atoms with Gasteiger partial charge in [-0.3, -0.25) is 9.78 Å². The van der Waals surface area contributed by atoms with Gasteiger partial charge in [-0.2, -0.15) is 0 Å². The summed E-state index contributed by atoms with van der Waals surface area (Å²) in [6.45, 7) is 2.19. The fraction of sp³-hybridized carbons (Fsp3) is 0.250. The maximum Gasteiger partial charge on any atom is 0.294 e. The first-order valence-corrected chi connectivity index (χ1v) is 3.83. The number of aromatic nitrogens is 1. The fourth-order valence-electron chi connectivity index (χ4n) is 0.741. The smallest absolute Gasteiger partial charge is 0.294 e. The summed E-state index contributed by atoms with van der Waals surface area (Å²) in [6, 6.07) is 3.57. The highest BCUT2D eigenvalue weighted by Gasteiger charge is 2.06. The monoisotopic (exact) mass is 185 g/mol. The number of rotatable bonds is 3. The molecule has 12 heavy (non-hydrogen) atoms. The largest absolute Gasteiger partial charge is 0.444 e. The maximum atomic E-state index is 9.93. The molecule has 0 aliphatic carbocycles. The van der Waals surface area contributed by atoms with Crippen LogP contribution in [0.15, 0.2) is 18.3 Å². The molecule has 3 nitrogen and oxygen atoms in total. The summed E-state index contributed by atoms with van der Waals surface area (Å²) >= 11 is 5.67. The highest BCUT2D eigenvalue weighted by Crippen LogP contribution is 2.19. The Morgan fingerprint density at radius 3 is 2.92 bits per heavy atom. The van der Waals surface area contributed by atoms with E-state index in [0.29, 0.717) is 12.0 Å². The molecule has 1 atom stereocenters. The predicted molar refractivity (Wildman–Crippen MR) is 44.7 cm³/mol. The predicted octanol–water partition coefficient (Wildman–Crippen LogP) is 1.80. The first-order valence-electron chi connectivity index (χ1n) is 3.40. The zero-order valence-corrected chi connectivity index (χ0v) is 7.28. The van der Waals surface area contributed by atoms with Crippen molar-refractivity contribution >= 4 is 18.1 Å². The van der Waals surface area contributed by atoms with E-state index in [2.05, 4.69) is 9.72 Å². The van der Waals surface area contributed by atoms with Crippen molar-refractivity contribution in [1.82, 2.24) is 4.98 Å².